The van der Waals surface area contributed by atoms with Gasteiger partial charge in [0.05, 0.1) is 0 Å². The van der Waals surface area contributed by atoms with E-state index >= 15 is 0 Å². The number of ether oxygens (including phenoxy) is 1. The molecule has 5 heteroatoms. The Morgan fingerprint density at radius 2 is 2.33 bits per heavy atom. The molecule has 0 aliphatic heterocycles. The first-order valence-electron chi connectivity index (χ1n) is 4.01. The molecule has 0 spiro atoms. The molecule has 1 N–H and O–H groups in total. The maximum atomic E-state index is 5.23. The lowest BCUT2D eigenvalue weighted by Gasteiger charge is -2.02. The van der Waals surface area contributed by atoms with Crippen LogP contribution in [0.1, 0.15) is 19.7 Å². The molecule has 4 nitrogen and oxygen atoms in total. The second-order valence-electron chi connectivity index (χ2n) is 2.33. The molecule has 0 radical (unpaired) electrons. The first-order chi connectivity index (χ1) is 5.79. The van der Waals surface area contributed by atoms with E-state index in [0.29, 0.717) is 18.0 Å². The molecule has 0 fully saturated rings. The molecular formula is C7H13N3OS. The van der Waals surface area contributed by atoms with Crippen LogP contribution in [0, 0.1) is 4.77 Å². The van der Waals surface area contributed by atoms with Crippen LogP contribution in [0.3, 0.4) is 0 Å². The molecule has 1 rings (SSSR count). The van der Waals surface area contributed by atoms with Crippen molar-refractivity contribution in [1.82, 2.24) is 14.8 Å². The van der Waals surface area contributed by atoms with Crippen LogP contribution in [-0.4, -0.2) is 21.4 Å². The number of rotatable bonds is 4. The molecule has 0 bridgehead atoms. The topological polar surface area (TPSA) is 42.8 Å². The molecule has 0 saturated heterocycles. The summed E-state index contributed by atoms with van der Waals surface area (Å²) in [5.41, 5.74) is 0. The van der Waals surface area contributed by atoms with Gasteiger partial charge in [0.25, 0.3) is 0 Å². The highest BCUT2D eigenvalue weighted by atomic mass is 32.1. The average Bonchev–Trinajstić information content (AvgIpc) is 2.43. The van der Waals surface area contributed by atoms with Crippen LogP contribution in [-0.2, 0) is 17.9 Å². The van der Waals surface area contributed by atoms with Crippen LogP contribution in [0.2, 0.25) is 0 Å². The van der Waals surface area contributed by atoms with E-state index in [0.717, 1.165) is 12.4 Å². The zero-order valence-corrected chi connectivity index (χ0v) is 8.15. The third-order valence-electron chi connectivity index (χ3n) is 1.59. The third kappa shape index (κ3) is 1.92. The molecule has 0 unspecified atom stereocenters. The Labute approximate surface area is 76.6 Å². The summed E-state index contributed by atoms with van der Waals surface area (Å²) in [6, 6.07) is 0. The van der Waals surface area contributed by atoms with Crippen molar-refractivity contribution >= 4 is 12.2 Å². The molecule has 0 saturated carbocycles. The predicted molar refractivity (Wildman–Crippen MR) is 48.4 cm³/mol. The summed E-state index contributed by atoms with van der Waals surface area (Å²) in [7, 11) is 0. The first kappa shape index (κ1) is 9.41. The lowest BCUT2D eigenvalue weighted by molar-refractivity contribution is 0.125. The molecule has 0 aliphatic rings. The lowest BCUT2D eigenvalue weighted by atomic mass is 10.6. The highest BCUT2D eigenvalue weighted by Crippen LogP contribution is 1.99. The van der Waals surface area contributed by atoms with Gasteiger partial charge in [-0.3, -0.25) is 5.10 Å². The van der Waals surface area contributed by atoms with Gasteiger partial charge in [-0.2, -0.15) is 5.10 Å². The summed E-state index contributed by atoms with van der Waals surface area (Å²) in [5.74, 6) is 0.865. The number of nitrogens with zero attached hydrogens (tertiary/aromatic N) is 2. The van der Waals surface area contributed by atoms with Crippen molar-refractivity contribution in [2.24, 2.45) is 0 Å². The summed E-state index contributed by atoms with van der Waals surface area (Å²) in [4.78, 5) is 0. The van der Waals surface area contributed by atoms with E-state index in [1.54, 1.807) is 0 Å². The Bertz CT molecular complexity index is 291. The van der Waals surface area contributed by atoms with Crippen LogP contribution in [0.25, 0.3) is 0 Å². The zero-order valence-electron chi connectivity index (χ0n) is 7.33. The highest BCUT2D eigenvalue weighted by molar-refractivity contribution is 7.71. The molecule has 0 atom stereocenters. The average molecular weight is 187 g/mol. The Morgan fingerprint density at radius 1 is 1.58 bits per heavy atom. The molecule has 0 amide bonds. The first-order valence-corrected chi connectivity index (χ1v) is 4.42. The SMILES string of the molecule is CCOCc1n[nH]c(=S)n1CC. The minimum absolute atomic E-state index is 0.525. The van der Waals surface area contributed by atoms with Crippen molar-refractivity contribution in [3.05, 3.63) is 10.6 Å². The standard InChI is InChI=1S/C7H13N3OS/c1-3-10-6(5-11-4-2)8-9-7(10)12/h3-5H2,1-2H3,(H,9,12). The maximum Gasteiger partial charge on any atom is 0.195 e. The number of aromatic nitrogens is 3. The summed E-state index contributed by atoms with van der Waals surface area (Å²) in [6.45, 7) is 6.04. The van der Waals surface area contributed by atoms with Crippen LogP contribution >= 0.6 is 12.2 Å². The smallest absolute Gasteiger partial charge is 0.195 e. The molecule has 1 aromatic heterocycles. The van der Waals surface area contributed by atoms with Gasteiger partial charge in [0.15, 0.2) is 10.6 Å². The summed E-state index contributed by atoms with van der Waals surface area (Å²) in [5, 5.41) is 6.78. The van der Waals surface area contributed by atoms with Crippen molar-refractivity contribution in [1.29, 1.82) is 0 Å². The summed E-state index contributed by atoms with van der Waals surface area (Å²) < 4.78 is 7.81. The minimum Gasteiger partial charge on any atom is -0.374 e. The van der Waals surface area contributed by atoms with Gasteiger partial charge in [0, 0.05) is 13.2 Å². The van der Waals surface area contributed by atoms with E-state index < -0.39 is 0 Å². The molecule has 0 aromatic carbocycles. The van der Waals surface area contributed by atoms with Gasteiger partial charge in [-0.1, -0.05) is 0 Å². The van der Waals surface area contributed by atoms with Crippen LogP contribution < -0.4 is 0 Å². The third-order valence-corrected chi connectivity index (χ3v) is 1.90. The molecule has 0 aliphatic carbocycles. The Morgan fingerprint density at radius 3 is 2.92 bits per heavy atom. The fourth-order valence-corrected chi connectivity index (χ4v) is 1.26. The van der Waals surface area contributed by atoms with E-state index in [9.17, 15) is 0 Å². The van der Waals surface area contributed by atoms with Crippen molar-refractivity contribution in [3.8, 4) is 0 Å². The van der Waals surface area contributed by atoms with E-state index in [2.05, 4.69) is 10.2 Å². The normalized spacial score (nSPS) is 10.5. The monoisotopic (exact) mass is 187 g/mol. The van der Waals surface area contributed by atoms with Gasteiger partial charge in [-0.05, 0) is 26.1 Å². The predicted octanol–water partition coefficient (Wildman–Crippen LogP) is 1.50. The van der Waals surface area contributed by atoms with Crippen LogP contribution in [0.15, 0.2) is 0 Å². The van der Waals surface area contributed by atoms with Crippen molar-refractivity contribution in [3.63, 3.8) is 0 Å². The number of nitrogens with one attached hydrogen (secondary N) is 1. The van der Waals surface area contributed by atoms with Gasteiger partial charge in [0.2, 0.25) is 0 Å². The van der Waals surface area contributed by atoms with E-state index in [1.165, 1.54) is 0 Å². The zero-order chi connectivity index (χ0) is 8.97. The largest absolute Gasteiger partial charge is 0.374 e. The van der Waals surface area contributed by atoms with Crippen molar-refractivity contribution < 1.29 is 4.74 Å². The van der Waals surface area contributed by atoms with Gasteiger partial charge >= 0.3 is 0 Å². The van der Waals surface area contributed by atoms with E-state index in [-0.39, 0.29) is 0 Å². The van der Waals surface area contributed by atoms with Gasteiger partial charge < -0.3 is 9.30 Å². The summed E-state index contributed by atoms with van der Waals surface area (Å²) >= 11 is 5.01. The second-order valence-corrected chi connectivity index (χ2v) is 2.71. The lowest BCUT2D eigenvalue weighted by Crippen LogP contribution is -2.04. The minimum atomic E-state index is 0.525. The Hall–Kier alpha value is -0.680. The number of hydrogen-bond acceptors (Lipinski definition) is 3. The van der Waals surface area contributed by atoms with E-state index in [4.69, 9.17) is 17.0 Å². The molecule has 68 valence electrons. The molecule has 12 heavy (non-hydrogen) atoms. The van der Waals surface area contributed by atoms with Crippen LogP contribution in [0.4, 0.5) is 0 Å². The van der Waals surface area contributed by atoms with Crippen molar-refractivity contribution in [2.75, 3.05) is 6.61 Å². The van der Waals surface area contributed by atoms with Gasteiger partial charge in [0.1, 0.15) is 6.61 Å². The maximum absolute atomic E-state index is 5.23. The molecule has 1 aromatic rings. The highest BCUT2D eigenvalue weighted by Gasteiger charge is 2.02. The Balaban J connectivity index is 2.77. The Kier molecular flexibility index (Phi) is 3.43. The molecular weight excluding hydrogens is 174 g/mol. The fourth-order valence-electron chi connectivity index (χ4n) is 0.980. The quantitative estimate of drug-likeness (QED) is 0.726. The second kappa shape index (κ2) is 4.37. The van der Waals surface area contributed by atoms with Gasteiger partial charge in [-0.25, -0.2) is 0 Å². The van der Waals surface area contributed by atoms with Crippen molar-refractivity contribution in [2.45, 2.75) is 27.0 Å². The fraction of sp³-hybridized carbons (Fsp3) is 0.714. The van der Waals surface area contributed by atoms with Crippen LogP contribution in [0.5, 0.6) is 0 Å². The summed E-state index contributed by atoms with van der Waals surface area (Å²) in [6.07, 6.45) is 0. The molecule has 1 heterocycles. The number of aromatic amines is 1. The van der Waals surface area contributed by atoms with Gasteiger partial charge in [-0.15, -0.1) is 0 Å². The number of hydrogen-bond donors (Lipinski definition) is 1. The number of H-pyrrole nitrogens is 1. The van der Waals surface area contributed by atoms with E-state index in [1.807, 2.05) is 18.4 Å².